The molecule has 0 aliphatic heterocycles. The molecular weight excluding hydrogens is 262 g/mol. The molecule has 0 saturated heterocycles. The van der Waals surface area contributed by atoms with E-state index in [4.69, 9.17) is 4.98 Å². The minimum atomic E-state index is -0.693. The van der Waals surface area contributed by atoms with Gasteiger partial charge in [0.05, 0.1) is 23.2 Å². The first-order chi connectivity index (χ1) is 9.95. The van der Waals surface area contributed by atoms with Crippen LogP contribution in [0.3, 0.4) is 0 Å². The summed E-state index contributed by atoms with van der Waals surface area (Å²) < 4.78 is 2.27. The van der Waals surface area contributed by atoms with Gasteiger partial charge in [-0.05, 0) is 31.4 Å². The Labute approximate surface area is 127 Å². The minimum absolute atomic E-state index is 0.222. The summed E-state index contributed by atoms with van der Waals surface area (Å²) in [5.41, 5.74) is 1.53. The number of hydrogen-bond donors (Lipinski definition) is 2. The van der Waals surface area contributed by atoms with Crippen molar-refractivity contribution in [1.82, 2.24) is 14.9 Å². The van der Waals surface area contributed by atoms with E-state index in [1.807, 2.05) is 26.8 Å². The number of nitrogens with one attached hydrogen (secondary N) is 1. The van der Waals surface area contributed by atoms with Crippen LogP contribution in [-0.4, -0.2) is 26.8 Å². The van der Waals surface area contributed by atoms with Crippen LogP contribution in [-0.2, 0) is 13.1 Å². The maximum atomic E-state index is 10.3. The van der Waals surface area contributed by atoms with Crippen LogP contribution in [0.25, 0.3) is 11.0 Å². The van der Waals surface area contributed by atoms with Gasteiger partial charge in [-0.2, -0.15) is 0 Å². The van der Waals surface area contributed by atoms with Gasteiger partial charge in [0, 0.05) is 13.1 Å². The number of nitrogens with zero attached hydrogens (tertiary/aromatic N) is 2. The van der Waals surface area contributed by atoms with E-state index in [0.717, 1.165) is 24.3 Å². The Bertz CT molecular complexity index is 587. The van der Waals surface area contributed by atoms with Crippen LogP contribution in [0, 0.1) is 5.92 Å². The van der Waals surface area contributed by atoms with Gasteiger partial charge in [0.15, 0.2) is 0 Å². The van der Waals surface area contributed by atoms with Crippen molar-refractivity contribution in [3.63, 3.8) is 0 Å². The zero-order valence-corrected chi connectivity index (χ0v) is 13.6. The molecule has 1 aromatic carbocycles. The fourth-order valence-corrected chi connectivity index (χ4v) is 2.36. The largest absolute Gasteiger partial charge is 0.389 e. The zero-order chi connectivity index (χ0) is 15.5. The molecule has 1 atom stereocenters. The van der Waals surface area contributed by atoms with E-state index in [1.54, 1.807) is 0 Å². The topological polar surface area (TPSA) is 50.1 Å². The van der Waals surface area contributed by atoms with Crippen LogP contribution in [0.4, 0.5) is 0 Å². The van der Waals surface area contributed by atoms with E-state index in [1.165, 1.54) is 5.52 Å². The average molecular weight is 289 g/mol. The Morgan fingerprint density at radius 3 is 2.71 bits per heavy atom. The molecule has 4 nitrogen and oxygen atoms in total. The van der Waals surface area contributed by atoms with Gasteiger partial charge in [-0.1, -0.05) is 32.9 Å². The third-order valence-electron chi connectivity index (χ3n) is 4.19. The van der Waals surface area contributed by atoms with E-state index in [0.29, 0.717) is 13.1 Å². The summed E-state index contributed by atoms with van der Waals surface area (Å²) in [5, 5.41) is 13.6. The number of fused-ring (bicyclic) bond motifs is 1. The quantitative estimate of drug-likeness (QED) is 0.824. The van der Waals surface area contributed by atoms with Crippen LogP contribution in [0.5, 0.6) is 0 Å². The fraction of sp³-hybridized carbons (Fsp3) is 0.588. The standard InChI is InChI=1S/C17H27N3O/c1-5-10-20-15-9-7-6-8-14(15)19-16(20)11-18-12-17(4,21)13(2)3/h6-9,13,18,21H,5,10-12H2,1-4H3. The smallest absolute Gasteiger partial charge is 0.123 e. The SMILES string of the molecule is CCCn1c(CNCC(C)(O)C(C)C)nc2ccccc21. The highest BCUT2D eigenvalue weighted by atomic mass is 16.3. The first kappa shape index (κ1) is 16.0. The van der Waals surface area contributed by atoms with E-state index < -0.39 is 5.60 Å². The molecule has 4 heteroatoms. The van der Waals surface area contributed by atoms with Gasteiger partial charge in [-0.25, -0.2) is 4.98 Å². The number of hydrogen-bond acceptors (Lipinski definition) is 3. The molecule has 0 fully saturated rings. The highest BCUT2D eigenvalue weighted by molar-refractivity contribution is 5.75. The summed E-state index contributed by atoms with van der Waals surface area (Å²) in [4.78, 5) is 4.71. The van der Waals surface area contributed by atoms with Crippen molar-refractivity contribution in [3.8, 4) is 0 Å². The summed E-state index contributed by atoms with van der Waals surface area (Å²) in [6, 6.07) is 8.24. The molecule has 0 amide bonds. The molecule has 1 heterocycles. The molecule has 21 heavy (non-hydrogen) atoms. The van der Waals surface area contributed by atoms with Crippen LogP contribution >= 0.6 is 0 Å². The highest BCUT2D eigenvalue weighted by Crippen LogP contribution is 2.18. The molecule has 0 saturated carbocycles. The third-order valence-corrected chi connectivity index (χ3v) is 4.19. The molecule has 2 rings (SSSR count). The van der Waals surface area contributed by atoms with Crippen molar-refractivity contribution < 1.29 is 5.11 Å². The van der Waals surface area contributed by atoms with E-state index in [2.05, 4.69) is 35.0 Å². The van der Waals surface area contributed by atoms with Crippen LogP contribution in [0.15, 0.2) is 24.3 Å². The Balaban J connectivity index is 2.13. The van der Waals surface area contributed by atoms with Crippen molar-refractivity contribution in [2.24, 2.45) is 5.92 Å². The molecule has 0 aliphatic rings. The van der Waals surface area contributed by atoms with Crippen LogP contribution < -0.4 is 5.32 Å². The summed E-state index contributed by atoms with van der Waals surface area (Å²) in [5.74, 6) is 1.26. The normalized spacial score (nSPS) is 14.8. The van der Waals surface area contributed by atoms with Gasteiger partial charge >= 0.3 is 0 Å². The Kier molecular flexibility index (Phi) is 5.01. The number of aliphatic hydroxyl groups is 1. The number of aromatic nitrogens is 2. The molecule has 2 aromatic rings. The van der Waals surface area contributed by atoms with E-state index >= 15 is 0 Å². The number of imidazole rings is 1. The molecule has 0 aliphatic carbocycles. The summed E-state index contributed by atoms with van der Waals surface area (Å²) in [6.45, 7) is 10.3. The lowest BCUT2D eigenvalue weighted by Crippen LogP contribution is -2.42. The maximum Gasteiger partial charge on any atom is 0.123 e. The van der Waals surface area contributed by atoms with Gasteiger partial charge in [-0.15, -0.1) is 0 Å². The summed E-state index contributed by atoms with van der Waals surface area (Å²) in [7, 11) is 0. The second-order valence-corrected chi connectivity index (χ2v) is 6.28. The molecule has 1 unspecified atom stereocenters. The first-order valence-electron chi connectivity index (χ1n) is 7.83. The van der Waals surface area contributed by atoms with E-state index in [9.17, 15) is 5.11 Å². The van der Waals surface area contributed by atoms with Gasteiger partial charge in [0.25, 0.3) is 0 Å². The van der Waals surface area contributed by atoms with Gasteiger partial charge in [-0.3, -0.25) is 0 Å². The highest BCUT2D eigenvalue weighted by Gasteiger charge is 2.24. The van der Waals surface area contributed by atoms with Crippen molar-refractivity contribution in [1.29, 1.82) is 0 Å². The predicted octanol–water partition coefficient (Wildman–Crippen LogP) is 2.94. The third kappa shape index (κ3) is 3.63. The monoisotopic (exact) mass is 289 g/mol. The lowest BCUT2D eigenvalue weighted by atomic mass is 9.93. The average Bonchev–Trinajstić information content (AvgIpc) is 2.77. The number of rotatable bonds is 7. The van der Waals surface area contributed by atoms with Crippen molar-refractivity contribution in [2.45, 2.75) is 52.8 Å². The summed E-state index contributed by atoms with van der Waals surface area (Å²) >= 11 is 0. The summed E-state index contributed by atoms with van der Waals surface area (Å²) in [6.07, 6.45) is 1.08. The lowest BCUT2D eigenvalue weighted by molar-refractivity contribution is 0.0138. The molecule has 1 aromatic heterocycles. The van der Waals surface area contributed by atoms with Gasteiger partial charge in [0.2, 0.25) is 0 Å². The molecule has 0 bridgehead atoms. The van der Waals surface area contributed by atoms with Crippen molar-refractivity contribution in [2.75, 3.05) is 6.54 Å². The molecule has 0 radical (unpaired) electrons. The molecular formula is C17H27N3O. The Hall–Kier alpha value is -1.39. The number of aryl methyl sites for hydroxylation is 1. The molecule has 0 spiro atoms. The Morgan fingerprint density at radius 1 is 1.33 bits per heavy atom. The minimum Gasteiger partial charge on any atom is -0.389 e. The van der Waals surface area contributed by atoms with Crippen molar-refractivity contribution >= 4 is 11.0 Å². The zero-order valence-electron chi connectivity index (χ0n) is 13.6. The van der Waals surface area contributed by atoms with Gasteiger partial charge in [0.1, 0.15) is 5.82 Å². The Morgan fingerprint density at radius 2 is 2.05 bits per heavy atom. The second kappa shape index (κ2) is 6.58. The van der Waals surface area contributed by atoms with Crippen LogP contribution in [0.2, 0.25) is 0 Å². The lowest BCUT2D eigenvalue weighted by Gasteiger charge is -2.27. The van der Waals surface area contributed by atoms with Gasteiger partial charge < -0.3 is 15.0 Å². The fourth-order valence-electron chi connectivity index (χ4n) is 2.36. The van der Waals surface area contributed by atoms with E-state index in [-0.39, 0.29) is 5.92 Å². The van der Waals surface area contributed by atoms with Crippen molar-refractivity contribution in [3.05, 3.63) is 30.1 Å². The molecule has 116 valence electrons. The second-order valence-electron chi connectivity index (χ2n) is 6.28. The molecule has 2 N–H and O–H groups in total. The maximum absolute atomic E-state index is 10.3. The van der Waals surface area contributed by atoms with Crippen LogP contribution in [0.1, 0.15) is 39.9 Å². The number of benzene rings is 1. The number of para-hydroxylation sites is 2. The predicted molar refractivity (Wildman–Crippen MR) is 87.2 cm³/mol. The first-order valence-corrected chi connectivity index (χ1v) is 7.83.